The minimum Gasteiger partial charge on any atom is -0.379 e. The summed E-state index contributed by atoms with van der Waals surface area (Å²) in [4.78, 5) is 0. The number of morpholine rings is 1. The number of ether oxygens (including phenoxy) is 1. The van der Waals surface area contributed by atoms with Crippen LogP contribution in [0.2, 0.25) is 0 Å². The molecule has 2 rings (SSSR count). The molecular weight excluding hydrogens is 226 g/mol. The van der Waals surface area contributed by atoms with Gasteiger partial charge < -0.3 is 4.74 Å². The minimum atomic E-state index is -3.15. The summed E-state index contributed by atoms with van der Waals surface area (Å²) in [7, 11) is -3.15. The van der Waals surface area contributed by atoms with E-state index in [-0.39, 0.29) is 5.41 Å². The van der Waals surface area contributed by atoms with E-state index in [0.29, 0.717) is 26.3 Å². The number of hydrogen-bond donors (Lipinski definition) is 0. The van der Waals surface area contributed by atoms with Gasteiger partial charge in [0.1, 0.15) is 0 Å². The van der Waals surface area contributed by atoms with Crippen molar-refractivity contribution in [1.82, 2.24) is 4.31 Å². The lowest BCUT2D eigenvalue weighted by Crippen LogP contribution is -2.50. The maximum atomic E-state index is 12.6. The van der Waals surface area contributed by atoms with Crippen molar-refractivity contribution >= 4 is 10.0 Å². The van der Waals surface area contributed by atoms with Gasteiger partial charge in [-0.15, -0.1) is 0 Å². The lowest BCUT2D eigenvalue weighted by Gasteiger charge is -2.36. The van der Waals surface area contributed by atoms with Crippen LogP contribution in [0.1, 0.15) is 33.6 Å². The second-order valence-corrected chi connectivity index (χ2v) is 8.01. The second-order valence-electron chi connectivity index (χ2n) is 5.76. The van der Waals surface area contributed by atoms with Gasteiger partial charge in [0.05, 0.1) is 18.0 Å². The highest BCUT2D eigenvalue weighted by atomic mass is 32.2. The molecule has 2 aliphatic rings. The maximum Gasteiger partial charge on any atom is 0.220 e. The lowest BCUT2D eigenvalue weighted by atomic mass is 9.90. The molecule has 0 atom stereocenters. The fraction of sp³-hybridized carbons (Fsp3) is 1.00. The summed E-state index contributed by atoms with van der Waals surface area (Å²) in [5.74, 6) is 0. The summed E-state index contributed by atoms with van der Waals surface area (Å²) in [5.41, 5.74) is -0.176. The summed E-state index contributed by atoms with van der Waals surface area (Å²) in [6, 6.07) is 0. The molecule has 0 bridgehead atoms. The summed E-state index contributed by atoms with van der Waals surface area (Å²) in [5, 5.41) is 0. The Balaban J connectivity index is 2.25. The van der Waals surface area contributed by atoms with Crippen LogP contribution in [0, 0.1) is 5.41 Å². The predicted octanol–water partition coefficient (Wildman–Crippen LogP) is 1.23. The Hall–Kier alpha value is -0.130. The van der Waals surface area contributed by atoms with Crippen LogP contribution in [0.5, 0.6) is 0 Å². The molecule has 4 nitrogen and oxygen atoms in total. The predicted molar refractivity (Wildman–Crippen MR) is 62.7 cm³/mol. The number of rotatable bonds is 2. The molecule has 0 aromatic heterocycles. The van der Waals surface area contributed by atoms with Gasteiger partial charge in [0, 0.05) is 13.1 Å². The third-order valence-electron chi connectivity index (χ3n) is 3.87. The smallest absolute Gasteiger partial charge is 0.220 e. The van der Waals surface area contributed by atoms with Crippen molar-refractivity contribution in [1.29, 1.82) is 0 Å². The number of hydrogen-bond acceptors (Lipinski definition) is 3. The van der Waals surface area contributed by atoms with E-state index in [9.17, 15) is 8.42 Å². The highest BCUT2D eigenvalue weighted by molar-refractivity contribution is 7.90. The minimum absolute atomic E-state index is 0.176. The molecule has 1 aliphatic heterocycles. The average molecular weight is 247 g/mol. The van der Waals surface area contributed by atoms with Crippen LogP contribution in [0.15, 0.2) is 0 Å². The van der Waals surface area contributed by atoms with Gasteiger partial charge in [-0.05, 0) is 18.3 Å². The standard InChI is InChI=1S/C11H21NO3S/c1-10(2,3)11(4-5-11)16(13,14)12-6-8-15-9-7-12/h4-9H2,1-3H3. The molecule has 1 heterocycles. The van der Waals surface area contributed by atoms with E-state index in [0.717, 1.165) is 12.8 Å². The molecule has 0 radical (unpaired) electrons. The fourth-order valence-corrected chi connectivity index (χ4v) is 5.06. The quantitative estimate of drug-likeness (QED) is 0.737. The van der Waals surface area contributed by atoms with E-state index in [1.54, 1.807) is 4.31 Å². The van der Waals surface area contributed by atoms with Gasteiger partial charge >= 0.3 is 0 Å². The van der Waals surface area contributed by atoms with Crippen molar-refractivity contribution in [3.05, 3.63) is 0 Å². The molecule has 0 amide bonds. The molecule has 0 spiro atoms. The fourth-order valence-electron chi connectivity index (χ4n) is 2.54. The Morgan fingerprint density at radius 1 is 1.12 bits per heavy atom. The molecule has 1 saturated heterocycles. The number of sulfonamides is 1. The van der Waals surface area contributed by atoms with E-state index in [2.05, 4.69) is 0 Å². The molecule has 0 unspecified atom stereocenters. The van der Waals surface area contributed by atoms with Crippen LogP contribution in [0.25, 0.3) is 0 Å². The first-order valence-corrected chi connectivity index (χ1v) is 7.33. The molecule has 94 valence electrons. The molecule has 16 heavy (non-hydrogen) atoms. The van der Waals surface area contributed by atoms with Gasteiger partial charge in [-0.2, -0.15) is 4.31 Å². The van der Waals surface area contributed by atoms with Crippen LogP contribution < -0.4 is 0 Å². The van der Waals surface area contributed by atoms with Crippen molar-refractivity contribution in [2.24, 2.45) is 5.41 Å². The lowest BCUT2D eigenvalue weighted by molar-refractivity contribution is 0.0716. The highest BCUT2D eigenvalue weighted by Gasteiger charge is 2.63. The molecule has 1 aliphatic carbocycles. The topological polar surface area (TPSA) is 46.6 Å². The monoisotopic (exact) mass is 247 g/mol. The Bertz CT molecular complexity index is 359. The Morgan fingerprint density at radius 2 is 1.62 bits per heavy atom. The summed E-state index contributed by atoms with van der Waals surface area (Å²) >= 11 is 0. The molecular formula is C11H21NO3S. The van der Waals surface area contributed by atoms with E-state index in [1.165, 1.54) is 0 Å². The first-order chi connectivity index (χ1) is 7.31. The van der Waals surface area contributed by atoms with Crippen molar-refractivity contribution in [3.8, 4) is 0 Å². The van der Waals surface area contributed by atoms with E-state index in [4.69, 9.17) is 4.74 Å². The zero-order valence-corrected chi connectivity index (χ0v) is 11.1. The van der Waals surface area contributed by atoms with Crippen molar-refractivity contribution in [3.63, 3.8) is 0 Å². The largest absolute Gasteiger partial charge is 0.379 e. The summed E-state index contributed by atoms with van der Waals surface area (Å²) in [6.07, 6.45) is 1.60. The summed E-state index contributed by atoms with van der Waals surface area (Å²) in [6.45, 7) is 8.16. The van der Waals surface area contributed by atoms with Gasteiger partial charge in [0.2, 0.25) is 10.0 Å². The molecule has 5 heteroatoms. The van der Waals surface area contributed by atoms with E-state index < -0.39 is 14.8 Å². The Kier molecular flexibility index (Phi) is 2.84. The van der Waals surface area contributed by atoms with Crippen LogP contribution in [0.4, 0.5) is 0 Å². The second kappa shape index (κ2) is 3.68. The van der Waals surface area contributed by atoms with Crippen LogP contribution in [-0.2, 0) is 14.8 Å². The molecule has 0 N–H and O–H groups in total. The van der Waals surface area contributed by atoms with Gasteiger partial charge in [0.25, 0.3) is 0 Å². The molecule has 0 aromatic carbocycles. The van der Waals surface area contributed by atoms with Crippen molar-refractivity contribution in [2.75, 3.05) is 26.3 Å². The first-order valence-electron chi connectivity index (χ1n) is 5.89. The third-order valence-corrected chi connectivity index (χ3v) is 6.93. The van der Waals surface area contributed by atoms with E-state index in [1.807, 2.05) is 20.8 Å². The normalized spacial score (nSPS) is 26.7. The molecule has 0 aromatic rings. The zero-order valence-electron chi connectivity index (χ0n) is 10.3. The SMILES string of the molecule is CC(C)(C)C1(S(=O)(=O)N2CCOCC2)CC1. The van der Waals surface area contributed by atoms with Crippen molar-refractivity contribution < 1.29 is 13.2 Å². The maximum absolute atomic E-state index is 12.6. The molecule has 1 saturated carbocycles. The zero-order chi connectivity index (χ0) is 12.0. The van der Waals surface area contributed by atoms with E-state index >= 15 is 0 Å². The van der Waals surface area contributed by atoms with Gasteiger partial charge in [-0.3, -0.25) is 0 Å². The van der Waals surface area contributed by atoms with Crippen LogP contribution in [-0.4, -0.2) is 43.8 Å². The molecule has 2 fully saturated rings. The van der Waals surface area contributed by atoms with Crippen LogP contribution in [0.3, 0.4) is 0 Å². The third kappa shape index (κ3) is 1.69. The Morgan fingerprint density at radius 3 is 2.00 bits per heavy atom. The van der Waals surface area contributed by atoms with Gasteiger partial charge in [-0.1, -0.05) is 20.8 Å². The van der Waals surface area contributed by atoms with Crippen LogP contribution >= 0.6 is 0 Å². The van der Waals surface area contributed by atoms with Gasteiger partial charge in [-0.25, -0.2) is 8.42 Å². The van der Waals surface area contributed by atoms with Crippen molar-refractivity contribution in [2.45, 2.75) is 38.4 Å². The van der Waals surface area contributed by atoms with Gasteiger partial charge in [0.15, 0.2) is 0 Å². The number of nitrogens with zero attached hydrogens (tertiary/aromatic N) is 1. The Labute approximate surface area is 98.0 Å². The first kappa shape index (κ1) is 12.3. The highest BCUT2D eigenvalue weighted by Crippen LogP contribution is 2.56. The average Bonchev–Trinajstić information content (AvgIpc) is 2.98. The summed E-state index contributed by atoms with van der Waals surface area (Å²) < 4.78 is 31.5.